The van der Waals surface area contributed by atoms with Crippen LogP contribution in [0.25, 0.3) is 0 Å². The van der Waals surface area contributed by atoms with E-state index in [9.17, 15) is 4.79 Å². The molecule has 0 amide bonds. The standard InChI is InChI=1S/C7H10N2O2/c1-6(11)7-8-2-3-9(7)4-5-10/h2-3,10H,4-5H2,1H3. The number of hydrogen-bond acceptors (Lipinski definition) is 3. The van der Waals surface area contributed by atoms with E-state index in [4.69, 9.17) is 5.11 Å². The first-order chi connectivity index (χ1) is 5.25. The van der Waals surface area contributed by atoms with E-state index < -0.39 is 0 Å². The number of hydrogen-bond donors (Lipinski definition) is 1. The number of aliphatic hydroxyl groups is 1. The maximum atomic E-state index is 10.8. The molecule has 4 heteroatoms. The fourth-order valence-corrected chi connectivity index (χ4v) is 0.910. The topological polar surface area (TPSA) is 55.1 Å². The maximum absolute atomic E-state index is 10.8. The van der Waals surface area contributed by atoms with Gasteiger partial charge in [0.25, 0.3) is 0 Å². The van der Waals surface area contributed by atoms with Crippen LogP contribution in [0, 0.1) is 0 Å². The Morgan fingerprint density at radius 3 is 3.09 bits per heavy atom. The van der Waals surface area contributed by atoms with Crippen molar-refractivity contribution in [3.05, 3.63) is 18.2 Å². The molecular weight excluding hydrogens is 144 g/mol. The summed E-state index contributed by atoms with van der Waals surface area (Å²) < 4.78 is 1.63. The molecule has 0 radical (unpaired) electrons. The second-order valence-electron chi connectivity index (χ2n) is 2.22. The summed E-state index contributed by atoms with van der Waals surface area (Å²) in [6, 6.07) is 0. The highest BCUT2D eigenvalue weighted by Gasteiger charge is 2.05. The quantitative estimate of drug-likeness (QED) is 0.627. The van der Waals surface area contributed by atoms with Gasteiger partial charge in [-0.1, -0.05) is 0 Å². The van der Waals surface area contributed by atoms with Crippen molar-refractivity contribution in [3.63, 3.8) is 0 Å². The first kappa shape index (κ1) is 7.94. The summed E-state index contributed by atoms with van der Waals surface area (Å²) in [5.41, 5.74) is 0. The van der Waals surface area contributed by atoms with E-state index in [0.29, 0.717) is 12.4 Å². The van der Waals surface area contributed by atoms with Crippen LogP contribution >= 0.6 is 0 Å². The molecule has 0 atom stereocenters. The molecule has 1 N–H and O–H groups in total. The van der Waals surface area contributed by atoms with Crippen molar-refractivity contribution in [1.82, 2.24) is 9.55 Å². The van der Waals surface area contributed by atoms with Crippen LogP contribution in [0.5, 0.6) is 0 Å². The van der Waals surface area contributed by atoms with E-state index >= 15 is 0 Å². The van der Waals surface area contributed by atoms with Crippen molar-refractivity contribution in [2.45, 2.75) is 13.5 Å². The van der Waals surface area contributed by atoms with Gasteiger partial charge < -0.3 is 9.67 Å². The van der Waals surface area contributed by atoms with Gasteiger partial charge in [0, 0.05) is 25.9 Å². The van der Waals surface area contributed by atoms with Gasteiger partial charge in [-0.05, 0) is 0 Å². The van der Waals surface area contributed by atoms with Gasteiger partial charge in [-0.3, -0.25) is 4.79 Å². The Labute approximate surface area is 64.5 Å². The number of carbonyl (C=O) groups excluding carboxylic acids is 1. The van der Waals surface area contributed by atoms with Crippen molar-refractivity contribution in [2.75, 3.05) is 6.61 Å². The Bertz CT molecular complexity index is 255. The van der Waals surface area contributed by atoms with Crippen LogP contribution in [0.3, 0.4) is 0 Å². The Balaban J connectivity index is 2.87. The van der Waals surface area contributed by atoms with Gasteiger partial charge >= 0.3 is 0 Å². The Hall–Kier alpha value is -1.16. The summed E-state index contributed by atoms with van der Waals surface area (Å²) in [6.45, 7) is 1.90. The predicted octanol–water partition coefficient (Wildman–Crippen LogP) is 0.0780. The van der Waals surface area contributed by atoms with Crippen LogP contribution in [0.2, 0.25) is 0 Å². The number of nitrogens with zero attached hydrogens (tertiary/aromatic N) is 2. The highest BCUT2D eigenvalue weighted by molar-refractivity contribution is 5.90. The van der Waals surface area contributed by atoms with Gasteiger partial charge in [-0.2, -0.15) is 0 Å². The van der Waals surface area contributed by atoms with Gasteiger partial charge in [0.2, 0.25) is 0 Å². The highest BCUT2D eigenvalue weighted by atomic mass is 16.3. The van der Waals surface area contributed by atoms with E-state index in [1.165, 1.54) is 6.92 Å². The van der Waals surface area contributed by atoms with E-state index in [0.717, 1.165) is 0 Å². The number of Topliss-reactive ketones (excluding diaryl/α,β-unsaturated/α-hetero) is 1. The first-order valence-corrected chi connectivity index (χ1v) is 3.38. The Kier molecular flexibility index (Phi) is 2.38. The van der Waals surface area contributed by atoms with Crippen molar-refractivity contribution >= 4 is 5.78 Å². The molecule has 0 unspecified atom stereocenters. The fraction of sp³-hybridized carbons (Fsp3) is 0.429. The fourth-order valence-electron chi connectivity index (χ4n) is 0.910. The monoisotopic (exact) mass is 154 g/mol. The lowest BCUT2D eigenvalue weighted by atomic mass is 10.4. The smallest absolute Gasteiger partial charge is 0.195 e. The van der Waals surface area contributed by atoms with Gasteiger partial charge in [0.1, 0.15) is 0 Å². The molecule has 0 spiro atoms. The molecular formula is C7H10N2O2. The molecule has 0 bridgehead atoms. The van der Waals surface area contributed by atoms with E-state index in [-0.39, 0.29) is 12.4 Å². The third-order valence-corrected chi connectivity index (χ3v) is 1.37. The number of ketones is 1. The normalized spacial score (nSPS) is 10.0. The minimum atomic E-state index is -0.0801. The maximum Gasteiger partial charge on any atom is 0.195 e. The van der Waals surface area contributed by atoms with Crippen LogP contribution < -0.4 is 0 Å². The molecule has 0 saturated heterocycles. The molecule has 0 fully saturated rings. The molecule has 0 aliphatic rings. The molecule has 0 aliphatic heterocycles. The third-order valence-electron chi connectivity index (χ3n) is 1.37. The van der Waals surface area contributed by atoms with Crippen LogP contribution in [0.4, 0.5) is 0 Å². The number of aromatic nitrogens is 2. The zero-order chi connectivity index (χ0) is 8.27. The summed E-state index contributed by atoms with van der Waals surface area (Å²) in [4.78, 5) is 14.7. The molecule has 60 valence electrons. The second-order valence-corrected chi connectivity index (χ2v) is 2.22. The Morgan fingerprint density at radius 2 is 2.55 bits per heavy atom. The third kappa shape index (κ3) is 1.65. The van der Waals surface area contributed by atoms with Crippen molar-refractivity contribution in [1.29, 1.82) is 0 Å². The number of carbonyl (C=O) groups is 1. The zero-order valence-electron chi connectivity index (χ0n) is 6.32. The molecule has 1 heterocycles. The molecule has 0 aliphatic carbocycles. The van der Waals surface area contributed by atoms with Crippen molar-refractivity contribution < 1.29 is 9.90 Å². The molecule has 1 aromatic heterocycles. The lowest BCUT2D eigenvalue weighted by Gasteiger charge is -2.00. The summed E-state index contributed by atoms with van der Waals surface area (Å²) in [7, 11) is 0. The lowest BCUT2D eigenvalue weighted by Crippen LogP contribution is -2.09. The summed E-state index contributed by atoms with van der Waals surface area (Å²) >= 11 is 0. The molecule has 1 rings (SSSR count). The SMILES string of the molecule is CC(=O)c1nccn1CCO. The van der Waals surface area contributed by atoms with E-state index in [1.54, 1.807) is 17.0 Å². The highest BCUT2D eigenvalue weighted by Crippen LogP contribution is 1.97. The largest absolute Gasteiger partial charge is 0.395 e. The van der Waals surface area contributed by atoms with E-state index in [1.807, 2.05) is 0 Å². The number of imidazole rings is 1. The zero-order valence-corrected chi connectivity index (χ0v) is 6.32. The molecule has 4 nitrogen and oxygen atoms in total. The lowest BCUT2D eigenvalue weighted by molar-refractivity contribution is 0.0998. The van der Waals surface area contributed by atoms with E-state index in [2.05, 4.69) is 4.98 Å². The number of rotatable bonds is 3. The average molecular weight is 154 g/mol. The summed E-state index contributed by atoms with van der Waals surface area (Å²) in [5.74, 6) is 0.322. The van der Waals surface area contributed by atoms with Crippen LogP contribution in [-0.2, 0) is 6.54 Å². The van der Waals surface area contributed by atoms with Gasteiger partial charge in [0.15, 0.2) is 11.6 Å². The predicted molar refractivity (Wildman–Crippen MR) is 39.3 cm³/mol. The minimum absolute atomic E-state index is 0.0244. The molecule has 0 aromatic carbocycles. The minimum Gasteiger partial charge on any atom is -0.395 e. The average Bonchev–Trinajstić information content (AvgIpc) is 2.36. The summed E-state index contributed by atoms with van der Waals surface area (Å²) in [5, 5.41) is 8.58. The van der Waals surface area contributed by atoms with Gasteiger partial charge in [-0.25, -0.2) is 4.98 Å². The van der Waals surface area contributed by atoms with Crippen molar-refractivity contribution in [2.24, 2.45) is 0 Å². The summed E-state index contributed by atoms with van der Waals surface area (Å²) in [6.07, 6.45) is 3.22. The first-order valence-electron chi connectivity index (χ1n) is 3.38. The van der Waals surface area contributed by atoms with Crippen molar-refractivity contribution in [3.8, 4) is 0 Å². The van der Waals surface area contributed by atoms with Gasteiger partial charge in [0.05, 0.1) is 6.61 Å². The van der Waals surface area contributed by atoms with Crippen LogP contribution in [0.1, 0.15) is 17.5 Å². The second kappa shape index (κ2) is 3.30. The van der Waals surface area contributed by atoms with Crippen LogP contribution in [-0.4, -0.2) is 27.0 Å². The van der Waals surface area contributed by atoms with Crippen LogP contribution in [0.15, 0.2) is 12.4 Å². The molecule has 11 heavy (non-hydrogen) atoms. The molecule has 0 saturated carbocycles. The molecule has 1 aromatic rings. The Morgan fingerprint density at radius 1 is 1.82 bits per heavy atom. The number of aliphatic hydroxyl groups excluding tert-OH is 1. The van der Waals surface area contributed by atoms with Gasteiger partial charge in [-0.15, -0.1) is 0 Å².